The van der Waals surface area contributed by atoms with Gasteiger partial charge in [0.2, 0.25) is 11.8 Å². The number of ether oxygens (including phenoxy) is 3. The van der Waals surface area contributed by atoms with Crippen molar-refractivity contribution in [2.24, 2.45) is 0 Å². The van der Waals surface area contributed by atoms with Crippen molar-refractivity contribution in [2.75, 3.05) is 25.8 Å². The molecule has 12 heteroatoms. The van der Waals surface area contributed by atoms with Gasteiger partial charge in [-0.05, 0) is 48.0 Å². The summed E-state index contributed by atoms with van der Waals surface area (Å²) in [6.45, 7) is 0.292. The number of methoxy groups -OCH3 is 1. The molecule has 0 aliphatic carbocycles. The molecule has 0 spiro atoms. The number of benzene rings is 2. The van der Waals surface area contributed by atoms with Crippen LogP contribution in [0.25, 0.3) is 0 Å². The van der Waals surface area contributed by atoms with E-state index >= 15 is 0 Å². The quantitative estimate of drug-likeness (QED) is 0.232. The van der Waals surface area contributed by atoms with Gasteiger partial charge in [0.25, 0.3) is 0 Å². The van der Waals surface area contributed by atoms with Crippen LogP contribution in [0.15, 0.2) is 76.4 Å². The molecule has 4 rings (SSSR count). The van der Waals surface area contributed by atoms with Crippen molar-refractivity contribution in [3.63, 3.8) is 0 Å². The summed E-state index contributed by atoms with van der Waals surface area (Å²) in [5, 5.41) is 3.59. The number of rotatable bonds is 11. The molecule has 0 amide bonds. The second-order valence-corrected chi connectivity index (χ2v) is 8.18. The third kappa shape index (κ3) is 7.00. The van der Waals surface area contributed by atoms with E-state index in [9.17, 15) is 14.0 Å². The Labute approximate surface area is 215 Å². The molecule has 37 heavy (non-hydrogen) atoms. The summed E-state index contributed by atoms with van der Waals surface area (Å²) in [5.74, 6) is 0.294. The fraction of sp³-hybridized carbons (Fsp3) is 0.200. The van der Waals surface area contributed by atoms with Crippen LogP contribution in [0.3, 0.4) is 0 Å². The highest BCUT2D eigenvalue weighted by molar-refractivity contribution is 6.30. The molecular formula is C25H23ClFN5O5. The first-order valence-electron chi connectivity index (χ1n) is 11.1. The minimum atomic E-state index is -0.719. The van der Waals surface area contributed by atoms with Crippen molar-refractivity contribution >= 4 is 23.2 Å². The van der Waals surface area contributed by atoms with Crippen molar-refractivity contribution in [3.05, 3.63) is 104 Å². The van der Waals surface area contributed by atoms with Crippen molar-refractivity contribution in [3.8, 4) is 11.6 Å². The lowest BCUT2D eigenvalue weighted by Crippen LogP contribution is -2.43. The van der Waals surface area contributed by atoms with Crippen LogP contribution < -0.4 is 21.4 Å². The number of aromatic nitrogens is 4. The molecule has 0 aliphatic rings. The lowest BCUT2D eigenvalue weighted by molar-refractivity contribution is -0.0335. The normalized spacial score (nSPS) is 10.9. The van der Waals surface area contributed by atoms with Gasteiger partial charge in [-0.2, -0.15) is 4.98 Å². The van der Waals surface area contributed by atoms with Crippen LogP contribution in [0.2, 0.25) is 5.02 Å². The first-order chi connectivity index (χ1) is 17.9. The first-order valence-corrected chi connectivity index (χ1v) is 11.5. The van der Waals surface area contributed by atoms with Gasteiger partial charge < -0.3 is 19.5 Å². The van der Waals surface area contributed by atoms with Crippen LogP contribution >= 0.6 is 11.6 Å². The Balaban J connectivity index is 1.60. The highest BCUT2D eigenvalue weighted by Gasteiger charge is 2.14. The summed E-state index contributed by atoms with van der Waals surface area (Å²) in [6.07, 6.45) is 1.06. The molecule has 2 aromatic carbocycles. The maximum absolute atomic E-state index is 13.3. The van der Waals surface area contributed by atoms with Gasteiger partial charge in [-0.25, -0.2) is 23.5 Å². The summed E-state index contributed by atoms with van der Waals surface area (Å²) in [6, 6.07) is 16.3. The molecule has 0 bridgehead atoms. The summed E-state index contributed by atoms with van der Waals surface area (Å²) < 4.78 is 31.1. The highest BCUT2D eigenvalue weighted by atomic mass is 35.5. The molecule has 0 radical (unpaired) electrons. The Hall–Kier alpha value is -4.06. The van der Waals surface area contributed by atoms with Gasteiger partial charge in [-0.3, -0.25) is 4.57 Å². The number of pyridine rings is 1. The van der Waals surface area contributed by atoms with E-state index in [1.165, 1.54) is 23.8 Å². The van der Waals surface area contributed by atoms with E-state index in [1.807, 2.05) is 0 Å². The standard InChI is InChI=1S/C25H23ClFN5O5/c1-35-16-36-13-12-31-24(33)30-23(32(25(31)34)15-17-2-4-18(26)5-3-17)29-20-7-9-21(10-8-20)37-22-11-6-19(27)14-28-22/h2-11,14H,12-13,15-16H2,1H3,(H,29,30,33). The predicted molar refractivity (Wildman–Crippen MR) is 135 cm³/mol. The Morgan fingerprint density at radius 2 is 1.76 bits per heavy atom. The van der Waals surface area contributed by atoms with Gasteiger partial charge in [0.15, 0.2) is 0 Å². The Morgan fingerprint density at radius 1 is 1.00 bits per heavy atom. The van der Waals surface area contributed by atoms with Crippen LogP contribution in [0.1, 0.15) is 5.56 Å². The molecule has 0 saturated carbocycles. The molecule has 2 heterocycles. The van der Waals surface area contributed by atoms with Gasteiger partial charge in [-0.15, -0.1) is 0 Å². The summed E-state index contributed by atoms with van der Waals surface area (Å²) in [5.41, 5.74) is 0.0634. The first kappa shape index (κ1) is 26.0. The zero-order valence-electron chi connectivity index (χ0n) is 19.8. The molecule has 0 saturated heterocycles. The number of hydrogen-bond acceptors (Lipinski definition) is 8. The van der Waals surface area contributed by atoms with Gasteiger partial charge in [0.05, 0.1) is 25.9 Å². The highest BCUT2D eigenvalue weighted by Crippen LogP contribution is 2.23. The molecular weight excluding hydrogens is 505 g/mol. The van der Waals surface area contributed by atoms with Crippen LogP contribution in [-0.4, -0.2) is 39.6 Å². The zero-order valence-corrected chi connectivity index (χ0v) is 20.5. The van der Waals surface area contributed by atoms with Crippen LogP contribution in [0.5, 0.6) is 11.6 Å². The maximum Gasteiger partial charge on any atom is 0.355 e. The average Bonchev–Trinajstić information content (AvgIpc) is 2.89. The molecule has 4 aromatic rings. The summed E-state index contributed by atoms with van der Waals surface area (Å²) in [7, 11) is 1.48. The maximum atomic E-state index is 13.3. The zero-order chi connectivity index (χ0) is 26.2. The summed E-state index contributed by atoms with van der Waals surface area (Å²) >= 11 is 5.99. The number of nitrogens with zero attached hydrogens (tertiary/aromatic N) is 4. The van der Waals surface area contributed by atoms with Gasteiger partial charge >= 0.3 is 11.4 Å². The average molecular weight is 528 g/mol. The molecule has 0 fully saturated rings. The Kier molecular flexibility index (Phi) is 8.62. The predicted octanol–water partition coefficient (Wildman–Crippen LogP) is 3.80. The Morgan fingerprint density at radius 3 is 2.43 bits per heavy atom. The second kappa shape index (κ2) is 12.3. The van der Waals surface area contributed by atoms with E-state index in [1.54, 1.807) is 48.5 Å². The minimum Gasteiger partial charge on any atom is -0.439 e. The van der Waals surface area contributed by atoms with Gasteiger partial charge in [-0.1, -0.05) is 23.7 Å². The van der Waals surface area contributed by atoms with Crippen LogP contribution in [0.4, 0.5) is 16.0 Å². The lowest BCUT2D eigenvalue weighted by Gasteiger charge is -2.16. The van der Waals surface area contributed by atoms with Crippen LogP contribution in [-0.2, 0) is 22.6 Å². The van der Waals surface area contributed by atoms with E-state index < -0.39 is 17.2 Å². The third-order valence-electron chi connectivity index (χ3n) is 5.10. The second-order valence-electron chi connectivity index (χ2n) is 7.75. The van der Waals surface area contributed by atoms with Gasteiger partial charge in [0.1, 0.15) is 18.4 Å². The van der Waals surface area contributed by atoms with Crippen molar-refractivity contribution in [2.45, 2.75) is 13.1 Å². The van der Waals surface area contributed by atoms with E-state index in [2.05, 4.69) is 15.3 Å². The topological polar surface area (TPSA) is 110 Å². The number of nitrogens with one attached hydrogen (secondary N) is 1. The van der Waals surface area contributed by atoms with Crippen LogP contribution in [0, 0.1) is 5.82 Å². The summed E-state index contributed by atoms with van der Waals surface area (Å²) in [4.78, 5) is 34.0. The van der Waals surface area contributed by atoms with E-state index in [4.69, 9.17) is 25.8 Å². The fourth-order valence-electron chi connectivity index (χ4n) is 3.31. The SMILES string of the molecule is COCOCCn1c(=O)nc(Nc2ccc(Oc3ccc(F)cn3)cc2)n(Cc2ccc(Cl)cc2)c1=O. The van der Waals surface area contributed by atoms with Crippen molar-refractivity contribution in [1.29, 1.82) is 0 Å². The van der Waals surface area contributed by atoms with E-state index in [0.29, 0.717) is 16.5 Å². The molecule has 1 N–H and O–H groups in total. The lowest BCUT2D eigenvalue weighted by atomic mass is 10.2. The van der Waals surface area contributed by atoms with E-state index in [-0.39, 0.29) is 38.3 Å². The number of halogens is 2. The molecule has 0 aliphatic heterocycles. The monoisotopic (exact) mass is 527 g/mol. The molecule has 0 unspecified atom stereocenters. The molecule has 192 valence electrons. The smallest absolute Gasteiger partial charge is 0.355 e. The minimum absolute atomic E-state index is 0.0123. The molecule has 10 nitrogen and oxygen atoms in total. The molecule has 2 aromatic heterocycles. The van der Waals surface area contributed by atoms with E-state index in [0.717, 1.165) is 16.3 Å². The number of anilines is 2. The fourth-order valence-corrected chi connectivity index (χ4v) is 3.43. The third-order valence-corrected chi connectivity index (χ3v) is 5.35. The van der Waals surface area contributed by atoms with Gasteiger partial charge in [0, 0.05) is 23.9 Å². The Bertz CT molecular complexity index is 1440. The molecule has 0 atom stereocenters. The largest absolute Gasteiger partial charge is 0.439 e. The number of hydrogen-bond donors (Lipinski definition) is 1. The van der Waals surface area contributed by atoms with Crippen molar-refractivity contribution < 1.29 is 18.6 Å². The van der Waals surface area contributed by atoms with Crippen molar-refractivity contribution in [1.82, 2.24) is 19.1 Å².